The highest BCUT2D eigenvalue weighted by Crippen LogP contribution is 2.19. The molecule has 0 radical (unpaired) electrons. The Morgan fingerprint density at radius 3 is 2.33 bits per heavy atom. The van der Waals surface area contributed by atoms with Gasteiger partial charge < -0.3 is 5.32 Å². The van der Waals surface area contributed by atoms with E-state index in [0.717, 1.165) is 16.7 Å². The van der Waals surface area contributed by atoms with Crippen LogP contribution in [0, 0.1) is 10.7 Å². The van der Waals surface area contributed by atoms with Gasteiger partial charge in [0.15, 0.2) is 0 Å². The summed E-state index contributed by atoms with van der Waals surface area (Å²) in [6, 6.07) is 16.2. The van der Waals surface area contributed by atoms with Crippen molar-refractivity contribution < 1.29 is 4.79 Å². The van der Waals surface area contributed by atoms with Gasteiger partial charge >= 0.3 is 0 Å². The van der Waals surface area contributed by atoms with E-state index in [9.17, 15) is 4.79 Å². The first kappa shape index (κ1) is 12.2. The molecule has 0 saturated carbocycles. The maximum Gasteiger partial charge on any atom is 0.255 e. The van der Waals surface area contributed by atoms with Crippen molar-refractivity contribution in [3.63, 3.8) is 0 Å². The minimum Gasteiger partial charge on any atom is -0.322 e. The van der Waals surface area contributed by atoms with Crippen molar-refractivity contribution in [2.24, 2.45) is 0 Å². The van der Waals surface area contributed by atoms with Crippen LogP contribution in [0.5, 0.6) is 0 Å². The Hall–Kier alpha value is -2.25. The van der Waals surface area contributed by atoms with Crippen LogP contribution in [0.25, 0.3) is 0 Å². The molecule has 4 heteroatoms. The number of carbonyl (C=O) groups excluding carboxylic acids is 1. The number of thiocyanates is 1. The van der Waals surface area contributed by atoms with Crippen LogP contribution in [-0.2, 0) is 0 Å². The SMILES string of the molecule is N#CSc1ccc(NC(=O)c2ccccc2)cc1. The lowest BCUT2D eigenvalue weighted by atomic mass is 10.2. The summed E-state index contributed by atoms with van der Waals surface area (Å²) >= 11 is 1.09. The molecule has 2 aromatic rings. The van der Waals surface area contributed by atoms with Crippen molar-refractivity contribution in [2.75, 3.05) is 5.32 Å². The van der Waals surface area contributed by atoms with Crippen LogP contribution in [0.3, 0.4) is 0 Å². The van der Waals surface area contributed by atoms with Gasteiger partial charge in [-0.3, -0.25) is 4.79 Å². The molecule has 0 fully saturated rings. The topological polar surface area (TPSA) is 52.9 Å². The Bertz CT molecular complexity index is 573. The predicted octanol–water partition coefficient (Wildman–Crippen LogP) is 3.51. The first-order valence-electron chi connectivity index (χ1n) is 5.32. The molecular formula is C14H10N2OS. The Balaban J connectivity index is 2.06. The Labute approximate surface area is 109 Å². The lowest BCUT2D eigenvalue weighted by molar-refractivity contribution is 0.102. The number of thioether (sulfide) groups is 1. The van der Waals surface area contributed by atoms with Gasteiger partial charge in [0, 0.05) is 16.1 Å². The highest BCUT2D eigenvalue weighted by molar-refractivity contribution is 8.03. The van der Waals surface area contributed by atoms with Crippen molar-refractivity contribution in [2.45, 2.75) is 4.90 Å². The number of carbonyl (C=O) groups is 1. The molecule has 2 aromatic carbocycles. The van der Waals surface area contributed by atoms with E-state index in [0.29, 0.717) is 11.3 Å². The van der Waals surface area contributed by atoms with E-state index in [-0.39, 0.29) is 5.91 Å². The third-order valence-electron chi connectivity index (χ3n) is 2.31. The molecule has 2 rings (SSSR count). The minimum atomic E-state index is -0.142. The molecule has 0 heterocycles. The summed E-state index contributed by atoms with van der Waals surface area (Å²) < 4.78 is 0. The maximum absolute atomic E-state index is 11.9. The lowest BCUT2D eigenvalue weighted by Gasteiger charge is -2.05. The van der Waals surface area contributed by atoms with Crippen molar-refractivity contribution in [3.05, 3.63) is 60.2 Å². The van der Waals surface area contributed by atoms with Gasteiger partial charge in [-0.2, -0.15) is 5.26 Å². The van der Waals surface area contributed by atoms with E-state index in [4.69, 9.17) is 5.26 Å². The highest BCUT2D eigenvalue weighted by atomic mass is 32.2. The van der Waals surface area contributed by atoms with Crippen molar-refractivity contribution in [1.29, 1.82) is 5.26 Å². The zero-order valence-corrected chi connectivity index (χ0v) is 10.3. The number of nitriles is 1. The average Bonchev–Trinajstić information content (AvgIpc) is 2.42. The number of benzene rings is 2. The van der Waals surface area contributed by atoms with E-state index in [1.807, 2.05) is 23.6 Å². The summed E-state index contributed by atoms with van der Waals surface area (Å²) in [5.74, 6) is -0.142. The third kappa shape index (κ3) is 3.12. The van der Waals surface area contributed by atoms with E-state index in [1.54, 1.807) is 36.4 Å². The van der Waals surface area contributed by atoms with Crippen LogP contribution >= 0.6 is 11.8 Å². The molecule has 3 nitrogen and oxygen atoms in total. The third-order valence-corrected chi connectivity index (χ3v) is 2.91. The van der Waals surface area contributed by atoms with E-state index >= 15 is 0 Å². The quantitative estimate of drug-likeness (QED) is 0.673. The molecule has 88 valence electrons. The number of nitrogens with one attached hydrogen (secondary N) is 1. The number of nitrogens with zero attached hydrogens (tertiary/aromatic N) is 1. The molecule has 0 saturated heterocycles. The lowest BCUT2D eigenvalue weighted by Crippen LogP contribution is -2.11. The van der Waals surface area contributed by atoms with Gasteiger partial charge in [0.25, 0.3) is 5.91 Å². The summed E-state index contributed by atoms with van der Waals surface area (Å²) in [7, 11) is 0. The van der Waals surface area contributed by atoms with Gasteiger partial charge in [-0.05, 0) is 48.2 Å². The number of anilines is 1. The summed E-state index contributed by atoms with van der Waals surface area (Å²) in [6.45, 7) is 0. The number of hydrogen-bond donors (Lipinski definition) is 1. The average molecular weight is 254 g/mol. The fraction of sp³-hybridized carbons (Fsp3) is 0. The van der Waals surface area contributed by atoms with Crippen LogP contribution in [-0.4, -0.2) is 5.91 Å². The summed E-state index contributed by atoms with van der Waals surface area (Å²) in [5.41, 5.74) is 1.33. The Kier molecular flexibility index (Phi) is 4.00. The number of hydrogen-bond acceptors (Lipinski definition) is 3. The molecular weight excluding hydrogens is 244 g/mol. The molecule has 18 heavy (non-hydrogen) atoms. The normalized spacial score (nSPS) is 9.50. The minimum absolute atomic E-state index is 0.142. The summed E-state index contributed by atoms with van der Waals surface area (Å²) in [5, 5.41) is 13.3. The number of amides is 1. The van der Waals surface area contributed by atoms with Crippen molar-refractivity contribution >= 4 is 23.4 Å². The standard InChI is InChI=1S/C14H10N2OS/c15-10-18-13-8-6-12(7-9-13)16-14(17)11-4-2-1-3-5-11/h1-9H,(H,16,17). The van der Waals surface area contributed by atoms with E-state index in [1.165, 1.54) is 0 Å². The van der Waals surface area contributed by atoms with Crippen LogP contribution in [0.4, 0.5) is 5.69 Å². The molecule has 0 aliphatic heterocycles. The summed E-state index contributed by atoms with van der Waals surface area (Å²) in [4.78, 5) is 12.7. The van der Waals surface area contributed by atoms with Crippen molar-refractivity contribution in [1.82, 2.24) is 0 Å². The second kappa shape index (κ2) is 5.89. The van der Waals surface area contributed by atoms with Gasteiger partial charge in [0.2, 0.25) is 0 Å². The first-order valence-corrected chi connectivity index (χ1v) is 6.13. The molecule has 0 bridgehead atoms. The molecule has 0 atom stereocenters. The fourth-order valence-electron chi connectivity index (χ4n) is 1.45. The Morgan fingerprint density at radius 1 is 1.06 bits per heavy atom. The molecule has 1 N–H and O–H groups in total. The van der Waals surface area contributed by atoms with Crippen LogP contribution in [0.2, 0.25) is 0 Å². The van der Waals surface area contributed by atoms with E-state index in [2.05, 4.69) is 5.32 Å². The van der Waals surface area contributed by atoms with E-state index < -0.39 is 0 Å². The van der Waals surface area contributed by atoms with Gasteiger partial charge in [0.05, 0.1) is 0 Å². The van der Waals surface area contributed by atoms with Gasteiger partial charge in [0.1, 0.15) is 5.40 Å². The second-order valence-corrected chi connectivity index (χ2v) is 4.40. The molecule has 0 unspecified atom stereocenters. The van der Waals surface area contributed by atoms with Crippen LogP contribution in [0.15, 0.2) is 59.5 Å². The zero-order chi connectivity index (χ0) is 12.8. The van der Waals surface area contributed by atoms with Gasteiger partial charge in [-0.15, -0.1) is 0 Å². The smallest absolute Gasteiger partial charge is 0.255 e. The van der Waals surface area contributed by atoms with Crippen molar-refractivity contribution in [3.8, 4) is 5.40 Å². The molecule has 0 aliphatic carbocycles. The Morgan fingerprint density at radius 2 is 1.72 bits per heavy atom. The monoisotopic (exact) mass is 254 g/mol. The largest absolute Gasteiger partial charge is 0.322 e. The molecule has 0 aromatic heterocycles. The second-order valence-electron chi connectivity index (χ2n) is 3.54. The molecule has 1 amide bonds. The van der Waals surface area contributed by atoms with Crippen LogP contribution in [0.1, 0.15) is 10.4 Å². The predicted molar refractivity (Wildman–Crippen MR) is 72.3 cm³/mol. The van der Waals surface area contributed by atoms with Gasteiger partial charge in [-0.25, -0.2) is 0 Å². The summed E-state index contributed by atoms with van der Waals surface area (Å²) in [6.07, 6.45) is 0. The highest BCUT2D eigenvalue weighted by Gasteiger charge is 2.04. The van der Waals surface area contributed by atoms with Crippen LogP contribution < -0.4 is 5.32 Å². The fourth-order valence-corrected chi connectivity index (χ4v) is 1.83. The maximum atomic E-state index is 11.9. The first-order chi connectivity index (χ1) is 8.79. The van der Waals surface area contributed by atoms with Gasteiger partial charge in [-0.1, -0.05) is 18.2 Å². The molecule has 0 aliphatic rings. The zero-order valence-electron chi connectivity index (χ0n) is 9.46. The number of rotatable bonds is 3. The molecule has 0 spiro atoms.